The summed E-state index contributed by atoms with van der Waals surface area (Å²) in [6, 6.07) is 3.47. The number of nitrogens with zero attached hydrogens (tertiary/aromatic N) is 2. The fraction of sp³-hybridized carbons (Fsp3) is 0.722. The summed E-state index contributed by atoms with van der Waals surface area (Å²) in [7, 11) is 0. The van der Waals surface area contributed by atoms with Gasteiger partial charge in [0, 0.05) is 18.6 Å². The second-order valence-corrected chi connectivity index (χ2v) is 7.23. The first kappa shape index (κ1) is 18.8. The lowest BCUT2D eigenvalue weighted by molar-refractivity contribution is 0.150. The minimum absolute atomic E-state index is 0.0688. The van der Waals surface area contributed by atoms with E-state index in [2.05, 4.69) is 24.1 Å². The van der Waals surface area contributed by atoms with Gasteiger partial charge in [0.1, 0.15) is 5.76 Å². The van der Waals surface area contributed by atoms with E-state index in [1.165, 1.54) is 25.7 Å². The second-order valence-electron chi connectivity index (χ2n) is 7.23. The van der Waals surface area contributed by atoms with Crippen molar-refractivity contribution in [3.63, 3.8) is 0 Å². The predicted molar refractivity (Wildman–Crippen MR) is 93.7 cm³/mol. The second kappa shape index (κ2) is 9.08. The summed E-state index contributed by atoms with van der Waals surface area (Å²) in [6.45, 7) is 7.73. The minimum atomic E-state index is -0.321. The van der Waals surface area contributed by atoms with E-state index in [-0.39, 0.29) is 24.7 Å². The lowest BCUT2D eigenvalue weighted by Crippen LogP contribution is -2.55. The first-order valence-corrected chi connectivity index (χ1v) is 8.93. The van der Waals surface area contributed by atoms with Gasteiger partial charge in [-0.15, -0.1) is 0 Å². The van der Waals surface area contributed by atoms with Gasteiger partial charge >= 0.3 is 6.03 Å². The zero-order valence-electron chi connectivity index (χ0n) is 15.0. The molecule has 0 radical (unpaired) electrons. The lowest BCUT2D eigenvalue weighted by Gasteiger charge is -2.35. The van der Waals surface area contributed by atoms with Crippen molar-refractivity contribution in [2.24, 2.45) is 0 Å². The summed E-state index contributed by atoms with van der Waals surface area (Å²) in [6.07, 6.45) is 6.67. The number of carbonyl (C=O) groups is 1. The Morgan fingerprint density at radius 1 is 1.33 bits per heavy atom. The van der Waals surface area contributed by atoms with Gasteiger partial charge in [0.05, 0.1) is 19.4 Å². The van der Waals surface area contributed by atoms with Crippen molar-refractivity contribution in [1.29, 1.82) is 0 Å². The zero-order chi connectivity index (χ0) is 17.4. The Morgan fingerprint density at radius 3 is 2.62 bits per heavy atom. The molecule has 1 aromatic heterocycles. The van der Waals surface area contributed by atoms with Gasteiger partial charge in [-0.1, -0.05) is 12.8 Å². The van der Waals surface area contributed by atoms with Crippen LogP contribution in [0.2, 0.25) is 0 Å². The largest absolute Gasteiger partial charge is 0.467 e. The van der Waals surface area contributed by atoms with Crippen LogP contribution >= 0.6 is 0 Å². The maximum Gasteiger partial charge on any atom is 0.318 e. The average Bonchev–Trinajstić information content (AvgIpc) is 2.90. The van der Waals surface area contributed by atoms with E-state index in [1.807, 2.05) is 6.07 Å². The van der Waals surface area contributed by atoms with Crippen LogP contribution in [-0.2, 0) is 6.54 Å². The van der Waals surface area contributed by atoms with Crippen molar-refractivity contribution in [3.05, 3.63) is 24.2 Å². The molecule has 2 N–H and O–H groups in total. The Hall–Kier alpha value is -1.53. The molecule has 136 valence electrons. The van der Waals surface area contributed by atoms with E-state index >= 15 is 0 Å². The molecule has 0 atom stereocenters. The number of aliphatic hydroxyl groups excluding tert-OH is 1. The van der Waals surface area contributed by atoms with Crippen molar-refractivity contribution in [2.75, 3.05) is 32.8 Å². The molecule has 2 amide bonds. The molecule has 2 heterocycles. The minimum Gasteiger partial charge on any atom is -0.467 e. The van der Waals surface area contributed by atoms with E-state index in [9.17, 15) is 9.90 Å². The number of hydrogen-bond acceptors (Lipinski definition) is 4. The normalized spacial score (nSPS) is 16.6. The van der Waals surface area contributed by atoms with Crippen LogP contribution in [-0.4, -0.2) is 59.3 Å². The van der Waals surface area contributed by atoms with Crippen LogP contribution < -0.4 is 5.32 Å². The Labute approximate surface area is 144 Å². The fourth-order valence-electron chi connectivity index (χ4n) is 3.23. The number of urea groups is 1. The summed E-state index contributed by atoms with van der Waals surface area (Å²) >= 11 is 0. The van der Waals surface area contributed by atoms with Crippen LogP contribution in [0.4, 0.5) is 4.79 Å². The number of aliphatic hydroxyl groups is 1. The molecule has 0 aliphatic carbocycles. The molecule has 0 aromatic carbocycles. The summed E-state index contributed by atoms with van der Waals surface area (Å²) in [5.74, 6) is 0.712. The molecule has 0 bridgehead atoms. The molecule has 1 fully saturated rings. The number of carbonyl (C=O) groups excluding carboxylic acids is 1. The number of likely N-dealkylation sites (tertiary alicyclic amines) is 1. The van der Waals surface area contributed by atoms with E-state index in [0.29, 0.717) is 12.3 Å². The summed E-state index contributed by atoms with van der Waals surface area (Å²) in [4.78, 5) is 16.7. The SMILES string of the molecule is CC(C)(CN1CCCCCC1)NC(=O)N(CCO)Cc1ccco1. The van der Waals surface area contributed by atoms with Crippen LogP contribution in [0.25, 0.3) is 0 Å². The third-order valence-electron chi connectivity index (χ3n) is 4.35. The van der Waals surface area contributed by atoms with Gasteiger partial charge in [0.15, 0.2) is 0 Å². The third-order valence-corrected chi connectivity index (χ3v) is 4.35. The van der Waals surface area contributed by atoms with Crippen LogP contribution in [0.1, 0.15) is 45.3 Å². The zero-order valence-corrected chi connectivity index (χ0v) is 15.0. The standard InChI is InChI=1S/C18H31N3O3/c1-18(2,15-20-9-5-3-4-6-10-20)19-17(23)21(11-12-22)14-16-8-7-13-24-16/h7-8,13,22H,3-6,9-12,14-15H2,1-2H3,(H,19,23). The van der Waals surface area contributed by atoms with Crippen LogP contribution in [0.3, 0.4) is 0 Å². The molecule has 1 saturated heterocycles. The number of nitrogens with one attached hydrogen (secondary N) is 1. The molecule has 6 heteroatoms. The third kappa shape index (κ3) is 6.17. The molecule has 2 rings (SSSR count). The highest BCUT2D eigenvalue weighted by atomic mass is 16.3. The number of furan rings is 1. The summed E-state index contributed by atoms with van der Waals surface area (Å²) in [5.41, 5.74) is -0.321. The van der Waals surface area contributed by atoms with Gasteiger partial charge in [-0.05, 0) is 51.9 Å². The number of hydrogen-bond donors (Lipinski definition) is 2. The van der Waals surface area contributed by atoms with E-state index < -0.39 is 0 Å². The molecule has 0 spiro atoms. The topological polar surface area (TPSA) is 69.0 Å². The van der Waals surface area contributed by atoms with Gasteiger partial charge in [-0.25, -0.2) is 4.79 Å². The van der Waals surface area contributed by atoms with Crippen LogP contribution in [0, 0.1) is 0 Å². The Bertz CT molecular complexity index is 480. The van der Waals surface area contributed by atoms with Gasteiger partial charge < -0.3 is 24.6 Å². The molecule has 1 aromatic rings. The molecule has 0 saturated carbocycles. The maximum atomic E-state index is 12.6. The lowest BCUT2D eigenvalue weighted by atomic mass is 10.0. The van der Waals surface area contributed by atoms with E-state index in [1.54, 1.807) is 17.2 Å². The van der Waals surface area contributed by atoms with E-state index in [0.717, 1.165) is 19.6 Å². The molecule has 1 aliphatic heterocycles. The highest BCUT2D eigenvalue weighted by molar-refractivity contribution is 5.75. The Balaban J connectivity index is 1.90. The van der Waals surface area contributed by atoms with Crippen LogP contribution in [0.5, 0.6) is 0 Å². The monoisotopic (exact) mass is 337 g/mol. The smallest absolute Gasteiger partial charge is 0.318 e. The quantitative estimate of drug-likeness (QED) is 0.802. The highest BCUT2D eigenvalue weighted by Crippen LogP contribution is 2.14. The average molecular weight is 337 g/mol. The van der Waals surface area contributed by atoms with Crippen molar-refractivity contribution >= 4 is 6.03 Å². The van der Waals surface area contributed by atoms with Crippen molar-refractivity contribution in [3.8, 4) is 0 Å². The maximum absolute atomic E-state index is 12.6. The Morgan fingerprint density at radius 2 is 2.04 bits per heavy atom. The predicted octanol–water partition coefficient (Wildman–Crippen LogP) is 2.44. The van der Waals surface area contributed by atoms with Gasteiger partial charge in [-0.2, -0.15) is 0 Å². The molecule has 6 nitrogen and oxygen atoms in total. The first-order chi connectivity index (χ1) is 11.5. The molecular weight excluding hydrogens is 306 g/mol. The van der Waals surface area contributed by atoms with Gasteiger partial charge in [0.2, 0.25) is 0 Å². The molecule has 0 unspecified atom stereocenters. The van der Waals surface area contributed by atoms with Gasteiger partial charge in [-0.3, -0.25) is 0 Å². The van der Waals surface area contributed by atoms with Gasteiger partial charge in [0.25, 0.3) is 0 Å². The summed E-state index contributed by atoms with van der Waals surface area (Å²) < 4.78 is 5.31. The summed E-state index contributed by atoms with van der Waals surface area (Å²) in [5, 5.41) is 12.4. The number of amides is 2. The Kier molecular flexibility index (Phi) is 7.12. The highest BCUT2D eigenvalue weighted by Gasteiger charge is 2.27. The molecular formula is C18H31N3O3. The number of rotatable bonds is 7. The van der Waals surface area contributed by atoms with E-state index in [4.69, 9.17) is 4.42 Å². The van der Waals surface area contributed by atoms with Crippen molar-refractivity contribution in [2.45, 2.75) is 51.6 Å². The van der Waals surface area contributed by atoms with Crippen LogP contribution in [0.15, 0.2) is 22.8 Å². The molecule has 24 heavy (non-hydrogen) atoms. The van der Waals surface area contributed by atoms with Crippen molar-refractivity contribution in [1.82, 2.24) is 15.1 Å². The van der Waals surface area contributed by atoms with Crippen molar-refractivity contribution < 1.29 is 14.3 Å². The molecule has 1 aliphatic rings. The first-order valence-electron chi connectivity index (χ1n) is 8.93. The fourth-order valence-corrected chi connectivity index (χ4v) is 3.23.